The van der Waals surface area contributed by atoms with Crippen LogP contribution in [0.25, 0.3) is 0 Å². The number of hydrogen-bond donors (Lipinski definition) is 8. The van der Waals surface area contributed by atoms with Crippen molar-refractivity contribution in [2.75, 3.05) is 0 Å². The molecule has 8 heteroatoms. The van der Waals surface area contributed by atoms with E-state index in [-0.39, 0.29) is 67.7 Å². The average Bonchev–Trinajstić information content (AvgIpc) is 1.35. The van der Waals surface area contributed by atoms with E-state index in [0.717, 1.165) is 188 Å². The zero-order valence-electron chi connectivity index (χ0n) is 70.5. The van der Waals surface area contributed by atoms with Gasteiger partial charge >= 0.3 is 0 Å². The van der Waals surface area contributed by atoms with Crippen molar-refractivity contribution in [3.8, 4) is 23.0 Å². The molecule has 0 saturated heterocycles. The van der Waals surface area contributed by atoms with Crippen molar-refractivity contribution in [2.24, 2.45) is 33.5 Å². The summed E-state index contributed by atoms with van der Waals surface area (Å²) in [4.78, 5) is 0. The maximum Gasteiger partial charge on any atom is 0.118 e. The van der Waals surface area contributed by atoms with Gasteiger partial charge in [0.25, 0.3) is 0 Å². The van der Waals surface area contributed by atoms with Crippen LogP contribution in [-0.4, -0.2) is 65.3 Å². The van der Waals surface area contributed by atoms with E-state index in [1.54, 1.807) is 44.6 Å². The van der Waals surface area contributed by atoms with Gasteiger partial charge in [0.15, 0.2) is 0 Å². The lowest BCUT2D eigenvalue weighted by Crippen LogP contribution is -2.41. The van der Waals surface area contributed by atoms with Crippen LogP contribution in [0.2, 0.25) is 0 Å². The number of benzene rings is 6. The summed E-state index contributed by atoms with van der Waals surface area (Å²) in [7, 11) is 0. The lowest BCUT2D eigenvalue weighted by Gasteiger charge is -2.51. The summed E-state index contributed by atoms with van der Waals surface area (Å²) in [5, 5.41) is 83.7. The molecular formula is C104H136O8. The minimum absolute atomic E-state index is 0.0472. The molecule has 0 heterocycles. The average molecular weight is 1510 g/mol. The number of aromatic hydroxyl groups is 4. The van der Waals surface area contributed by atoms with Crippen molar-refractivity contribution in [3.63, 3.8) is 0 Å². The molecule has 18 rings (SSSR count). The maximum absolute atomic E-state index is 10.7. The first-order valence-electron chi connectivity index (χ1n) is 44.5. The molecule has 12 atom stereocenters. The van der Waals surface area contributed by atoms with Crippen LogP contribution in [-0.2, 0) is 60.2 Å². The SMILES string of the molecule is CC[C@@]12CC[C@@]3(CCCC(C)C)C[C@@H](O)CC3=C1CCc1c2ccc(O)c1C.CC[C@]12CC[C@@]3(CCCC(C)C)C[C@@H](O)CC3=C1CCc1c2ccc(O)c1C.Cc1c(O)ccc2c1CCC1=C3C[C@@H](O)C[C@@]3(Cc3ccccc3)CC[C@@]12C.Cc1c(O)ccc2c1CCC1=C3C[C@@H](O)C[C@@]3(Cc3ccccc3)CC[C@]12C. The third-order valence-corrected chi connectivity index (χ3v) is 32.9. The highest BCUT2D eigenvalue weighted by molar-refractivity contribution is 5.61. The maximum atomic E-state index is 10.7. The van der Waals surface area contributed by atoms with Gasteiger partial charge in [0.05, 0.1) is 24.4 Å². The van der Waals surface area contributed by atoms with Gasteiger partial charge in [-0.15, -0.1) is 0 Å². The van der Waals surface area contributed by atoms with Crippen LogP contribution in [0.5, 0.6) is 23.0 Å². The monoisotopic (exact) mass is 1510 g/mol. The van der Waals surface area contributed by atoms with Gasteiger partial charge in [-0.25, -0.2) is 0 Å². The minimum atomic E-state index is -0.212. The highest BCUT2D eigenvalue weighted by Crippen LogP contribution is 2.68. The lowest BCUT2D eigenvalue weighted by atomic mass is 9.53. The molecule has 0 aliphatic heterocycles. The van der Waals surface area contributed by atoms with Gasteiger partial charge in [-0.1, -0.05) is 211 Å². The Kier molecular flexibility index (Phi) is 22.3. The van der Waals surface area contributed by atoms with E-state index in [0.29, 0.717) is 23.0 Å². The van der Waals surface area contributed by atoms with Crippen LogP contribution in [0, 0.1) is 61.2 Å². The first kappa shape index (κ1) is 80.5. The molecule has 8 N–H and O–H groups in total. The number of aliphatic hydroxyl groups is 4. The Bertz CT molecular complexity index is 4370. The molecule has 0 unspecified atom stereocenters. The molecule has 4 fully saturated rings. The summed E-state index contributed by atoms with van der Waals surface area (Å²) in [5.41, 5.74) is 32.2. The Hall–Kier alpha value is -6.68. The highest BCUT2D eigenvalue weighted by Gasteiger charge is 2.58. The minimum Gasteiger partial charge on any atom is -0.508 e. The molecule has 0 aromatic heterocycles. The summed E-state index contributed by atoms with van der Waals surface area (Å²) in [5.74, 6) is 3.24. The van der Waals surface area contributed by atoms with E-state index < -0.39 is 0 Å². The molecular weight excluding hydrogens is 1380 g/mol. The van der Waals surface area contributed by atoms with Crippen LogP contribution in [0.1, 0.15) is 313 Å². The second-order valence-corrected chi connectivity index (χ2v) is 39.6. The fraction of sp³-hybridized carbons (Fsp3) is 0.577. The lowest BCUT2D eigenvalue weighted by molar-refractivity contribution is 0.140. The van der Waals surface area contributed by atoms with Crippen molar-refractivity contribution in [2.45, 2.75) is 347 Å². The quantitative estimate of drug-likeness (QED) is 0.0500. The zero-order valence-corrected chi connectivity index (χ0v) is 70.5. The second kappa shape index (κ2) is 31.1. The Morgan fingerprint density at radius 3 is 0.938 bits per heavy atom. The predicted octanol–water partition coefficient (Wildman–Crippen LogP) is 23.5. The number of fused-ring (bicyclic) bond motifs is 16. The van der Waals surface area contributed by atoms with Gasteiger partial charge in [-0.2, -0.15) is 0 Å². The molecule has 0 spiro atoms. The molecule has 0 bridgehead atoms. The Balaban J connectivity index is 0.000000118. The molecule has 600 valence electrons. The van der Waals surface area contributed by atoms with Crippen LogP contribution in [0.3, 0.4) is 0 Å². The number of rotatable bonds is 14. The van der Waals surface area contributed by atoms with E-state index in [1.807, 2.05) is 24.3 Å². The molecule has 0 amide bonds. The number of phenols is 4. The predicted molar refractivity (Wildman–Crippen MR) is 457 cm³/mol. The first-order chi connectivity index (χ1) is 53.5. The van der Waals surface area contributed by atoms with E-state index >= 15 is 0 Å². The highest BCUT2D eigenvalue weighted by atomic mass is 16.3. The third kappa shape index (κ3) is 13.9. The van der Waals surface area contributed by atoms with Gasteiger partial charge < -0.3 is 40.9 Å². The number of hydrogen-bond acceptors (Lipinski definition) is 8. The van der Waals surface area contributed by atoms with Crippen molar-refractivity contribution >= 4 is 0 Å². The van der Waals surface area contributed by atoms with Crippen LogP contribution in [0.4, 0.5) is 0 Å². The molecule has 4 saturated carbocycles. The second-order valence-electron chi connectivity index (χ2n) is 39.6. The molecule has 12 aliphatic rings. The molecule has 8 nitrogen and oxygen atoms in total. The summed E-state index contributed by atoms with van der Waals surface area (Å²) >= 11 is 0. The van der Waals surface area contributed by atoms with Gasteiger partial charge in [-0.05, 0) is 356 Å². The smallest absolute Gasteiger partial charge is 0.118 e. The fourth-order valence-electron chi connectivity index (χ4n) is 27.1. The number of aliphatic hydroxyl groups excluding tert-OH is 4. The van der Waals surface area contributed by atoms with Crippen LogP contribution >= 0.6 is 0 Å². The van der Waals surface area contributed by atoms with Gasteiger partial charge in [0, 0.05) is 21.7 Å². The van der Waals surface area contributed by atoms with E-state index in [9.17, 15) is 40.9 Å². The van der Waals surface area contributed by atoms with Crippen LogP contribution < -0.4 is 0 Å². The van der Waals surface area contributed by atoms with Crippen molar-refractivity contribution in [1.29, 1.82) is 0 Å². The zero-order chi connectivity index (χ0) is 79.2. The largest absolute Gasteiger partial charge is 0.508 e. The molecule has 12 aliphatic carbocycles. The van der Waals surface area contributed by atoms with E-state index in [2.05, 4.69) is 168 Å². The Morgan fingerprint density at radius 2 is 0.616 bits per heavy atom. The first-order valence-corrected chi connectivity index (χ1v) is 44.5. The van der Waals surface area contributed by atoms with Gasteiger partial charge in [-0.3, -0.25) is 0 Å². The Labute approximate surface area is 672 Å². The normalized spacial score (nSPS) is 31.5. The summed E-state index contributed by atoms with van der Waals surface area (Å²) < 4.78 is 0. The van der Waals surface area contributed by atoms with Crippen LogP contribution in [0.15, 0.2) is 154 Å². The summed E-state index contributed by atoms with van der Waals surface area (Å²) in [6, 6.07) is 37.9. The van der Waals surface area contributed by atoms with Gasteiger partial charge in [0.1, 0.15) is 23.0 Å². The van der Waals surface area contributed by atoms with Gasteiger partial charge in [0.2, 0.25) is 0 Å². The molecule has 0 radical (unpaired) electrons. The Morgan fingerprint density at radius 1 is 0.330 bits per heavy atom. The molecule has 6 aromatic carbocycles. The van der Waals surface area contributed by atoms with Crippen molar-refractivity contribution in [3.05, 3.63) is 232 Å². The third-order valence-electron chi connectivity index (χ3n) is 32.9. The molecule has 6 aromatic rings. The van der Waals surface area contributed by atoms with E-state index in [4.69, 9.17) is 0 Å². The standard InChI is InChI=1S/2C26H30O2.2C26H38O2/c2*1-17-20-8-9-22-23-14-19(27)16-26(23,15-18-6-4-3-5-7-18)13-12-25(22,2)21(20)10-11-24(17)28;2*1-5-26-14-13-25(12-6-7-17(2)3)16-19(27)15-23(25)22(26)9-8-20-18(4)24(28)11-10-21(20)26/h2*3-7,10-11,19,27-28H,8-9,12-16H2,1-2H3;2*10-11,17,19,27-28H,5-9,12-16H2,1-4H3/t19-,25+,26+;2*19-,25-,26+;19-,25-,26-/m1100/s1. The number of allylic oxidation sites excluding steroid dienone is 4. The van der Waals surface area contributed by atoms with E-state index in [1.165, 1.54) is 120 Å². The topological polar surface area (TPSA) is 162 Å². The summed E-state index contributed by atoms with van der Waals surface area (Å²) in [6.07, 6.45) is 36.3. The summed E-state index contributed by atoms with van der Waals surface area (Å²) in [6.45, 7) is 27.0. The molecule has 112 heavy (non-hydrogen) atoms. The number of phenolic OH excluding ortho intramolecular Hbond substituents is 4. The van der Waals surface area contributed by atoms with Crippen molar-refractivity contribution in [1.82, 2.24) is 0 Å². The van der Waals surface area contributed by atoms with Crippen molar-refractivity contribution < 1.29 is 40.9 Å². The fourth-order valence-corrected chi connectivity index (χ4v) is 27.1.